The number of fused-ring (bicyclic) bond motifs is 1. The normalized spacial score (nSPS) is 11.3. The number of hydrogen-bond donors (Lipinski definition) is 0. The number of nitrogens with zero attached hydrogens (tertiary/aromatic N) is 2. The van der Waals surface area contributed by atoms with Crippen molar-refractivity contribution in [2.45, 2.75) is 4.90 Å². The number of hydrogen-bond acceptors (Lipinski definition) is 8. The summed E-state index contributed by atoms with van der Waals surface area (Å²) in [4.78, 5) is 18.0. The Kier molecular flexibility index (Phi) is 6.16. The Balaban J connectivity index is 1.99. The molecule has 10 heteroatoms. The number of carbonyl (C=O) groups is 1. The molecular formula is C24H22N2O7S. The quantitative estimate of drug-likeness (QED) is 0.351. The summed E-state index contributed by atoms with van der Waals surface area (Å²) >= 11 is 0. The first kappa shape index (κ1) is 23.1. The number of rotatable bonds is 8. The Labute approximate surface area is 196 Å². The Morgan fingerprint density at radius 3 is 2.06 bits per heavy atom. The minimum atomic E-state index is -4.16. The Morgan fingerprint density at radius 2 is 1.50 bits per heavy atom. The van der Waals surface area contributed by atoms with Gasteiger partial charge in [0.25, 0.3) is 10.0 Å². The SMILES string of the molecule is COc1cnc2c(c1)cc(C(=O)c1cc(OC)c(OC)c(OC)c1)n2S(=O)(=O)c1ccccc1. The van der Waals surface area contributed by atoms with Crippen molar-refractivity contribution in [1.82, 2.24) is 8.96 Å². The van der Waals surface area contributed by atoms with E-state index < -0.39 is 15.8 Å². The predicted octanol–water partition coefficient (Wildman–Crippen LogP) is 3.54. The number of methoxy groups -OCH3 is 4. The molecule has 0 unspecified atom stereocenters. The van der Waals surface area contributed by atoms with Gasteiger partial charge in [-0.05, 0) is 36.4 Å². The van der Waals surface area contributed by atoms with Gasteiger partial charge in [0.15, 0.2) is 17.1 Å². The van der Waals surface area contributed by atoms with Crippen molar-refractivity contribution in [3.8, 4) is 23.0 Å². The minimum absolute atomic E-state index is 0.0176. The van der Waals surface area contributed by atoms with Gasteiger partial charge in [0, 0.05) is 10.9 Å². The van der Waals surface area contributed by atoms with E-state index in [-0.39, 0.29) is 33.3 Å². The lowest BCUT2D eigenvalue weighted by atomic mass is 10.1. The monoisotopic (exact) mass is 482 g/mol. The summed E-state index contributed by atoms with van der Waals surface area (Å²) in [5.41, 5.74) is 0.142. The molecule has 34 heavy (non-hydrogen) atoms. The summed E-state index contributed by atoms with van der Waals surface area (Å²) in [7, 11) is 1.62. The van der Waals surface area contributed by atoms with Crippen molar-refractivity contribution >= 4 is 26.8 Å². The third-order valence-corrected chi connectivity index (χ3v) is 6.97. The molecule has 0 spiro atoms. The van der Waals surface area contributed by atoms with E-state index in [0.29, 0.717) is 16.9 Å². The van der Waals surface area contributed by atoms with Crippen LogP contribution in [0.4, 0.5) is 0 Å². The lowest BCUT2D eigenvalue weighted by Gasteiger charge is -2.15. The molecule has 0 atom stereocenters. The zero-order chi connectivity index (χ0) is 24.5. The highest BCUT2D eigenvalue weighted by Gasteiger charge is 2.29. The number of benzene rings is 2. The maximum atomic E-state index is 13.7. The summed E-state index contributed by atoms with van der Waals surface area (Å²) in [6.07, 6.45) is 1.40. The van der Waals surface area contributed by atoms with Crippen LogP contribution in [0.15, 0.2) is 65.7 Å². The van der Waals surface area contributed by atoms with Crippen molar-refractivity contribution in [2.24, 2.45) is 0 Å². The number of ketones is 1. The van der Waals surface area contributed by atoms with Crippen molar-refractivity contribution < 1.29 is 32.2 Å². The molecule has 0 saturated carbocycles. The molecule has 0 radical (unpaired) electrons. The Bertz CT molecular complexity index is 1450. The van der Waals surface area contributed by atoms with Crippen molar-refractivity contribution in [2.75, 3.05) is 28.4 Å². The lowest BCUT2D eigenvalue weighted by molar-refractivity contribution is 0.103. The fraction of sp³-hybridized carbons (Fsp3) is 0.167. The second-order valence-electron chi connectivity index (χ2n) is 7.14. The maximum absolute atomic E-state index is 13.7. The van der Waals surface area contributed by atoms with Crippen molar-refractivity contribution in [1.29, 1.82) is 0 Å². The molecule has 0 aliphatic carbocycles. The summed E-state index contributed by atoms with van der Waals surface area (Å²) < 4.78 is 49.5. The molecule has 9 nitrogen and oxygen atoms in total. The molecule has 0 amide bonds. The molecule has 176 valence electrons. The van der Waals surface area contributed by atoms with E-state index >= 15 is 0 Å². The van der Waals surface area contributed by atoms with Crippen LogP contribution in [0.5, 0.6) is 23.0 Å². The highest BCUT2D eigenvalue weighted by molar-refractivity contribution is 7.90. The van der Waals surface area contributed by atoms with E-state index in [4.69, 9.17) is 18.9 Å². The average molecular weight is 483 g/mol. The molecule has 0 aliphatic rings. The van der Waals surface area contributed by atoms with E-state index in [1.54, 1.807) is 24.3 Å². The number of pyridine rings is 1. The first-order chi connectivity index (χ1) is 16.3. The molecule has 0 N–H and O–H groups in total. The molecular weight excluding hydrogens is 460 g/mol. The van der Waals surface area contributed by atoms with Gasteiger partial charge in [0.05, 0.1) is 39.5 Å². The standard InChI is InChI=1S/C24H22N2O7S/c1-30-17-10-16-11-19(22(27)15-12-20(31-2)23(33-4)21(13-15)32-3)26(24(16)25-14-17)34(28,29)18-8-6-5-7-9-18/h5-14H,1-4H3. The summed E-state index contributed by atoms with van der Waals surface area (Å²) in [5.74, 6) is 0.687. The van der Waals surface area contributed by atoms with Crippen LogP contribution in [0.1, 0.15) is 16.1 Å². The van der Waals surface area contributed by atoms with E-state index in [0.717, 1.165) is 3.97 Å². The second kappa shape index (κ2) is 9.06. The molecule has 4 aromatic rings. The van der Waals surface area contributed by atoms with Gasteiger partial charge in [0.1, 0.15) is 11.4 Å². The van der Waals surface area contributed by atoms with E-state index in [9.17, 15) is 13.2 Å². The lowest BCUT2D eigenvalue weighted by Crippen LogP contribution is -2.19. The van der Waals surface area contributed by atoms with Crippen molar-refractivity contribution in [3.05, 3.63) is 72.1 Å². The third-order valence-electron chi connectivity index (χ3n) is 5.25. The predicted molar refractivity (Wildman–Crippen MR) is 125 cm³/mol. The van der Waals surface area contributed by atoms with Crippen LogP contribution in [0.25, 0.3) is 11.0 Å². The Morgan fingerprint density at radius 1 is 0.853 bits per heavy atom. The van der Waals surface area contributed by atoms with Gasteiger partial charge in [-0.15, -0.1) is 0 Å². The van der Waals surface area contributed by atoms with E-state index in [1.165, 1.54) is 65.0 Å². The third kappa shape index (κ3) is 3.81. The number of ether oxygens (including phenoxy) is 4. The topological polar surface area (TPSA) is 106 Å². The van der Waals surface area contributed by atoms with Gasteiger partial charge in [-0.25, -0.2) is 17.4 Å². The molecule has 2 heterocycles. The zero-order valence-electron chi connectivity index (χ0n) is 18.9. The molecule has 0 aliphatic heterocycles. The van der Waals surface area contributed by atoms with Crippen molar-refractivity contribution in [3.63, 3.8) is 0 Å². The number of carbonyl (C=O) groups excluding carboxylic acids is 1. The van der Waals surface area contributed by atoms with Crippen LogP contribution < -0.4 is 18.9 Å². The van der Waals surface area contributed by atoms with E-state index in [2.05, 4.69) is 4.98 Å². The van der Waals surface area contributed by atoms with Gasteiger partial charge in [-0.2, -0.15) is 0 Å². The van der Waals surface area contributed by atoms with Gasteiger partial charge in [-0.1, -0.05) is 18.2 Å². The highest BCUT2D eigenvalue weighted by atomic mass is 32.2. The molecule has 0 fully saturated rings. The van der Waals surface area contributed by atoms with Gasteiger partial charge in [-0.3, -0.25) is 4.79 Å². The highest BCUT2D eigenvalue weighted by Crippen LogP contribution is 2.39. The fourth-order valence-electron chi connectivity index (χ4n) is 3.62. The van der Waals surface area contributed by atoms with Crippen LogP contribution in [0, 0.1) is 0 Å². The maximum Gasteiger partial charge on any atom is 0.270 e. The first-order valence-electron chi connectivity index (χ1n) is 10.1. The number of aromatic nitrogens is 2. The summed E-state index contributed by atoms with van der Waals surface area (Å²) in [6.45, 7) is 0. The van der Waals surface area contributed by atoms with Gasteiger partial charge >= 0.3 is 0 Å². The Hall–Kier alpha value is -4.05. The van der Waals surface area contributed by atoms with Crippen LogP contribution in [0.2, 0.25) is 0 Å². The molecule has 0 bridgehead atoms. The van der Waals surface area contributed by atoms with Crippen LogP contribution in [-0.2, 0) is 10.0 Å². The largest absolute Gasteiger partial charge is 0.495 e. The van der Waals surface area contributed by atoms with E-state index in [1.807, 2.05) is 0 Å². The molecule has 0 saturated heterocycles. The minimum Gasteiger partial charge on any atom is -0.495 e. The van der Waals surface area contributed by atoms with Crippen LogP contribution in [-0.4, -0.2) is 51.6 Å². The van der Waals surface area contributed by atoms with Crippen LogP contribution in [0.3, 0.4) is 0 Å². The first-order valence-corrected chi connectivity index (χ1v) is 11.5. The second-order valence-corrected chi connectivity index (χ2v) is 8.93. The molecule has 2 aromatic heterocycles. The molecule has 2 aromatic carbocycles. The zero-order valence-corrected chi connectivity index (χ0v) is 19.8. The molecule has 4 rings (SSSR count). The fourth-order valence-corrected chi connectivity index (χ4v) is 5.11. The van der Waals surface area contributed by atoms with Crippen LogP contribution >= 0.6 is 0 Å². The smallest absolute Gasteiger partial charge is 0.270 e. The van der Waals surface area contributed by atoms with Gasteiger partial charge in [0.2, 0.25) is 11.5 Å². The summed E-state index contributed by atoms with van der Waals surface area (Å²) in [5, 5.41) is 0.426. The average Bonchev–Trinajstić information content (AvgIpc) is 3.27. The summed E-state index contributed by atoms with van der Waals surface area (Å²) in [6, 6.07) is 13.9. The van der Waals surface area contributed by atoms with Gasteiger partial charge < -0.3 is 18.9 Å².